The summed E-state index contributed by atoms with van der Waals surface area (Å²) in [4.78, 5) is 16.6. The van der Waals surface area contributed by atoms with E-state index in [2.05, 4.69) is 28.5 Å². The number of hydrogen-bond acceptors (Lipinski definition) is 2. The average molecular weight is 356 g/mol. The summed E-state index contributed by atoms with van der Waals surface area (Å²) in [6.07, 6.45) is 3.59. The maximum atomic E-state index is 13.0. The molecule has 0 aliphatic carbocycles. The molecule has 1 heterocycles. The van der Waals surface area contributed by atoms with Gasteiger partial charge in [-0.15, -0.1) is 0 Å². The van der Waals surface area contributed by atoms with Crippen LogP contribution in [0.25, 0.3) is 21.9 Å². The van der Waals surface area contributed by atoms with Crippen LogP contribution < -0.4 is 5.32 Å². The zero-order valence-corrected chi connectivity index (χ0v) is 14.5. The number of benzene rings is 3. The van der Waals surface area contributed by atoms with Gasteiger partial charge in [0.25, 0.3) is 5.91 Å². The number of amides is 1. The molecule has 1 N–H and O–H groups in total. The van der Waals surface area contributed by atoms with Crippen LogP contribution >= 0.6 is 0 Å². The van der Waals surface area contributed by atoms with Crippen molar-refractivity contribution in [1.29, 1.82) is 0 Å². The fraction of sp³-hybridized carbons (Fsp3) is 0.0435. The molecule has 27 heavy (non-hydrogen) atoms. The zero-order chi connectivity index (χ0) is 18.6. The predicted octanol–water partition coefficient (Wildman–Crippen LogP) is 4.97. The summed E-state index contributed by atoms with van der Waals surface area (Å²) in [6, 6.07) is 21.7. The highest BCUT2D eigenvalue weighted by Crippen LogP contribution is 2.30. The fourth-order valence-corrected chi connectivity index (χ4v) is 3.15. The van der Waals surface area contributed by atoms with Crippen LogP contribution in [-0.2, 0) is 6.54 Å². The predicted molar refractivity (Wildman–Crippen MR) is 105 cm³/mol. The van der Waals surface area contributed by atoms with E-state index in [-0.39, 0.29) is 11.7 Å². The van der Waals surface area contributed by atoms with Gasteiger partial charge in [-0.05, 0) is 52.4 Å². The lowest BCUT2D eigenvalue weighted by Gasteiger charge is -2.12. The van der Waals surface area contributed by atoms with Crippen molar-refractivity contribution < 1.29 is 9.18 Å². The number of nitrogens with zero attached hydrogens (tertiary/aromatic N) is 1. The maximum Gasteiger partial charge on any atom is 0.251 e. The molecule has 0 aliphatic rings. The van der Waals surface area contributed by atoms with Gasteiger partial charge >= 0.3 is 0 Å². The van der Waals surface area contributed by atoms with Crippen LogP contribution in [0.3, 0.4) is 0 Å². The van der Waals surface area contributed by atoms with Gasteiger partial charge in [0.15, 0.2) is 0 Å². The lowest BCUT2D eigenvalue weighted by atomic mass is 9.96. The van der Waals surface area contributed by atoms with E-state index >= 15 is 0 Å². The summed E-state index contributed by atoms with van der Waals surface area (Å²) >= 11 is 0. The Morgan fingerprint density at radius 1 is 0.889 bits per heavy atom. The van der Waals surface area contributed by atoms with Crippen molar-refractivity contribution in [3.05, 3.63) is 102 Å². The Kier molecular flexibility index (Phi) is 4.62. The first kappa shape index (κ1) is 16.9. The summed E-state index contributed by atoms with van der Waals surface area (Å²) in [7, 11) is 0. The molecule has 0 radical (unpaired) electrons. The van der Waals surface area contributed by atoms with E-state index in [9.17, 15) is 9.18 Å². The Bertz CT molecular complexity index is 1090. The van der Waals surface area contributed by atoms with E-state index in [4.69, 9.17) is 0 Å². The minimum absolute atomic E-state index is 0.237. The first-order chi connectivity index (χ1) is 13.2. The van der Waals surface area contributed by atoms with Crippen LogP contribution in [0.4, 0.5) is 4.39 Å². The molecule has 0 saturated carbocycles. The lowest BCUT2D eigenvalue weighted by Crippen LogP contribution is -2.22. The van der Waals surface area contributed by atoms with Crippen molar-refractivity contribution in [2.45, 2.75) is 6.54 Å². The number of halogens is 1. The molecule has 1 aromatic heterocycles. The molecule has 4 aromatic rings. The molecule has 0 atom stereocenters. The van der Waals surface area contributed by atoms with Crippen LogP contribution in [0.5, 0.6) is 0 Å². The van der Waals surface area contributed by atoms with Crippen molar-refractivity contribution in [3.8, 4) is 11.1 Å². The third kappa shape index (κ3) is 3.55. The second-order valence-corrected chi connectivity index (χ2v) is 6.25. The normalized spacial score (nSPS) is 10.7. The van der Waals surface area contributed by atoms with Crippen LogP contribution in [0, 0.1) is 5.82 Å². The molecular weight excluding hydrogens is 339 g/mol. The largest absolute Gasteiger partial charge is 0.348 e. The van der Waals surface area contributed by atoms with E-state index in [1.807, 2.05) is 36.5 Å². The Morgan fingerprint density at radius 3 is 2.44 bits per heavy atom. The Morgan fingerprint density at radius 2 is 1.67 bits per heavy atom. The molecule has 4 heteroatoms. The molecule has 3 nitrogen and oxygen atoms in total. The molecule has 0 spiro atoms. The molecule has 1 amide bonds. The molecule has 0 fully saturated rings. The minimum Gasteiger partial charge on any atom is -0.348 e. The summed E-state index contributed by atoms with van der Waals surface area (Å²) < 4.78 is 13.0. The zero-order valence-electron chi connectivity index (χ0n) is 14.5. The molecule has 132 valence electrons. The number of carbonyl (C=O) groups excluding carboxylic acids is 1. The molecule has 0 saturated heterocycles. The van der Waals surface area contributed by atoms with E-state index < -0.39 is 0 Å². The van der Waals surface area contributed by atoms with E-state index in [1.165, 1.54) is 24.3 Å². The third-order valence-corrected chi connectivity index (χ3v) is 4.54. The minimum atomic E-state index is -0.361. The van der Waals surface area contributed by atoms with E-state index in [1.54, 1.807) is 6.20 Å². The van der Waals surface area contributed by atoms with E-state index in [0.29, 0.717) is 12.1 Å². The highest BCUT2D eigenvalue weighted by molar-refractivity contribution is 5.98. The second kappa shape index (κ2) is 7.38. The standard InChI is InChI=1S/C23H17FN2O/c24-19-9-6-17(7-10-19)23(27)26-14-18-8-11-20(16-4-2-1-3-5-16)21-12-13-25-15-22(18)21/h1-13,15H,14H2,(H,26,27). The smallest absolute Gasteiger partial charge is 0.251 e. The molecular formula is C23H17FN2O. The maximum absolute atomic E-state index is 13.0. The molecule has 0 aliphatic heterocycles. The van der Waals surface area contributed by atoms with Crippen LogP contribution in [-0.4, -0.2) is 10.9 Å². The highest BCUT2D eigenvalue weighted by atomic mass is 19.1. The van der Waals surface area contributed by atoms with Crippen LogP contribution in [0.2, 0.25) is 0 Å². The van der Waals surface area contributed by atoms with Crippen molar-refractivity contribution in [2.75, 3.05) is 0 Å². The number of rotatable bonds is 4. The van der Waals surface area contributed by atoms with Gasteiger partial charge in [0.2, 0.25) is 0 Å². The fourth-order valence-electron chi connectivity index (χ4n) is 3.15. The molecule has 4 rings (SSSR count). The molecule has 3 aromatic carbocycles. The van der Waals surface area contributed by atoms with Gasteiger partial charge in [-0.3, -0.25) is 9.78 Å². The molecule has 0 bridgehead atoms. The van der Waals surface area contributed by atoms with Gasteiger partial charge in [-0.2, -0.15) is 0 Å². The van der Waals surface area contributed by atoms with E-state index in [0.717, 1.165) is 27.5 Å². The first-order valence-corrected chi connectivity index (χ1v) is 8.67. The third-order valence-electron chi connectivity index (χ3n) is 4.54. The SMILES string of the molecule is O=C(NCc1ccc(-c2ccccc2)c2ccncc12)c1ccc(F)cc1. The van der Waals surface area contributed by atoms with Gasteiger partial charge in [-0.25, -0.2) is 4.39 Å². The number of aromatic nitrogens is 1. The average Bonchev–Trinajstić information content (AvgIpc) is 2.73. The summed E-state index contributed by atoms with van der Waals surface area (Å²) in [5, 5.41) is 4.98. The Balaban J connectivity index is 1.63. The van der Waals surface area contributed by atoms with Crippen molar-refractivity contribution in [2.24, 2.45) is 0 Å². The number of fused-ring (bicyclic) bond motifs is 1. The molecule has 0 unspecified atom stereocenters. The van der Waals surface area contributed by atoms with Gasteiger partial charge in [0.1, 0.15) is 5.82 Å². The summed E-state index contributed by atoms with van der Waals surface area (Å²) in [5.41, 5.74) is 3.67. The lowest BCUT2D eigenvalue weighted by molar-refractivity contribution is 0.0951. The van der Waals surface area contributed by atoms with Crippen LogP contribution in [0.15, 0.2) is 85.2 Å². The second-order valence-electron chi connectivity index (χ2n) is 6.25. The Labute approximate surface area is 156 Å². The number of nitrogens with one attached hydrogen (secondary N) is 1. The van der Waals surface area contributed by atoms with Gasteiger partial charge < -0.3 is 5.32 Å². The summed E-state index contributed by atoms with van der Waals surface area (Å²) in [5.74, 6) is -0.598. The Hall–Kier alpha value is -3.53. The topological polar surface area (TPSA) is 42.0 Å². The van der Waals surface area contributed by atoms with Crippen molar-refractivity contribution in [1.82, 2.24) is 10.3 Å². The van der Waals surface area contributed by atoms with Crippen LogP contribution in [0.1, 0.15) is 15.9 Å². The van der Waals surface area contributed by atoms with Crippen molar-refractivity contribution >= 4 is 16.7 Å². The number of carbonyl (C=O) groups is 1. The van der Waals surface area contributed by atoms with Gasteiger partial charge in [0, 0.05) is 29.9 Å². The highest BCUT2D eigenvalue weighted by Gasteiger charge is 2.10. The number of pyridine rings is 1. The number of hydrogen-bond donors (Lipinski definition) is 1. The quantitative estimate of drug-likeness (QED) is 0.561. The van der Waals surface area contributed by atoms with Crippen molar-refractivity contribution in [3.63, 3.8) is 0 Å². The first-order valence-electron chi connectivity index (χ1n) is 8.67. The van der Waals surface area contributed by atoms with Gasteiger partial charge in [-0.1, -0.05) is 42.5 Å². The monoisotopic (exact) mass is 356 g/mol. The summed E-state index contributed by atoms with van der Waals surface area (Å²) in [6.45, 7) is 0.369. The van der Waals surface area contributed by atoms with Gasteiger partial charge in [0.05, 0.1) is 0 Å².